The topological polar surface area (TPSA) is 67.4 Å². The van der Waals surface area contributed by atoms with Gasteiger partial charge in [0.1, 0.15) is 5.75 Å². The van der Waals surface area contributed by atoms with Gasteiger partial charge in [0.25, 0.3) is 11.8 Å². The van der Waals surface area contributed by atoms with Gasteiger partial charge in [0.15, 0.2) is 0 Å². The molecule has 0 fully saturated rings. The SMILES string of the molecule is CC(C)COc1cccc(C(=O)Nc2ccccc2C(=O)NC(C)c2ccccc2)c1. The predicted molar refractivity (Wildman–Crippen MR) is 123 cm³/mol. The molecule has 0 spiro atoms. The minimum Gasteiger partial charge on any atom is -0.493 e. The lowest BCUT2D eigenvalue weighted by atomic mass is 10.1. The molecule has 0 saturated carbocycles. The van der Waals surface area contributed by atoms with E-state index >= 15 is 0 Å². The molecule has 5 nitrogen and oxygen atoms in total. The van der Waals surface area contributed by atoms with Crippen molar-refractivity contribution < 1.29 is 14.3 Å². The Morgan fingerprint density at radius 2 is 1.55 bits per heavy atom. The second kappa shape index (κ2) is 10.4. The Morgan fingerprint density at radius 1 is 0.839 bits per heavy atom. The van der Waals surface area contributed by atoms with Gasteiger partial charge in [-0.15, -0.1) is 0 Å². The predicted octanol–water partition coefficient (Wildman–Crippen LogP) is 5.46. The van der Waals surface area contributed by atoms with Crippen molar-refractivity contribution in [1.82, 2.24) is 5.32 Å². The van der Waals surface area contributed by atoms with Crippen molar-refractivity contribution in [3.8, 4) is 5.75 Å². The second-order valence-corrected chi connectivity index (χ2v) is 7.84. The molecule has 3 aromatic carbocycles. The van der Waals surface area contributed by atoms with Gasteiger partial charge < -0.3 is 15.4 Å². The van der Waals surface area contributed by atoms with Crippen molar-refractivity contribution in [3.63, 3.8) is 0 Å². The van der Waals surface area contributed by atoms with Gasteiger partial charge in [-0.25, -0.2) is 0 Å². The molecule has 2 amide bonds. The molecule has 0 aromatic heterocycles. The minimum absolute atomic E-state index is 0.160. The highest BCUT2D eigenvalue weighted by atomic mass is 16.5. The van der Waals surface area contributed by atoms with Crippen LogP contribution >= 0.6 is 0 Å². The van der Waals surface area contributed by atoms with Crippen LogP contribution in [0.4, 0.5) is 5.69 Å². The van der Waals surface area contributed by atoms with Crippen molar-refractivity contribution in [2.75, 3.05) is 11.9 Å². The lowest BCUT2D eigenvalue weighted by Crippen LogP contribution is -2.28. The van der Waals surface area contributed by atoms with Crippen molar-refractivity contribution >= 4 is 17.5 Å². The first-order chi connectivity index (χ1) is 14.9. The van der Waals surface area contributed by atoms with Gasteiger partial charge in [0.05, 0.1) is 23.9 Å². The summed E-state index contributed by atoms with van der Waals surface area (Å²) in [4.78, 5) is 25.7. The second-order valence-electron chi connectivity index (χ2n) is 7.84. The maximum Gasteiger partial charge on any atom is 0.255 e. The molecule has 31 heavy (non-hydrogen) atoms. The lowest BCUT2D eigenvalue weighted by molar-refractivity contribution is 0.0940. The maximum atomic E-state index is 12.9. The number of hydrogen-bond acceptors (Lipinski definition) is 3. The van der Waals surface area contributed by atoms with E-state index in [1.807, 2.05) is 43.3 Å². The first kappa shape index (κ1) is 22.1. The number of hydrogen-bond donors (Lipinski definition) is 2. The summed E-state index contributed by atoms with van der Waals surface area (Å²) in [6, 6.07) is 23.6. The van der Waals surface area contributed by atoms with E-state index in [1.54, 1.807) is 42.5 Å². The molecule has 2 N–H and O–H groups in total. The first-order valence-corrected chi connectivity index (χ1v) is 10.4. The van der Waals surface area contributed by atoms with Crippen molar-refractivity contribution in [1.29, 1.82) is 0 Å². The number of carbonyl (C=O) groups is 2. The van der Waals surface area contributed by atoms with E-state index in [4.69, 9.17) is 4.74 Å². The lowest BCUT2D eigenvalue weighted by Gasteiger charge is -2.16. The van der Waals surface area contributed by atoms with Crippen LogP contribution < -0.4 is 15.4 Å². The van der Waals surface area contributed by atoms with Gasteiger partial charge in [-0.05, 0) is 48.7 Å². The summed E-state index contributed by atoms with van der Waals surface area (Å²) in [6.45, 7) is 6.64. The van der Waals surface area contributed by atoms with Crippen molar-refractivity contribution in [2.24, 2.45) is 5.92 Å². The van der Waals surface area contributed by atoms with E-state index in [9.17, 15) is 9.59 Å². The monoisotopic (exact) mass is 416 g/mol. The average Bonchev–Trinajstić information content (AvgIpc) is 2.78. The number of amides is 2. The van der Waals surface area contributed by atoms with Crippen LogP contribution in [0.25, 0.3) is 0 Å². The summed E-state index contributed by atoms with van der Waals surface area (Å²) >= 11 is 0. The van der Waals surface area contributed by atoms with Crippen molar-refractivity contribution in [2.45, 2.75) is 26.8 Å². The maximum absolute atomic E-state index is 12.9. The Hall–Kier alpha value is -3.60. The Balaban J connectivity index is 1.72. The van der Waals surface area contributed by atoms with E-state index in [0.717, 1.165) is 5.56 Å². The number of ether oxygens (including phenoxy) is 1. The highest BCUT2D eigenvalue weighted by molar-refractivity contribution is 6.09. The summed E-state index contributed by atoms with van der Waals surface area (Å²) in [7, 11) is 0. The van der Waals surface area contributed by atoms with E-state index in [0.29, 0.717) is 35.1 Å². The van der Waals surface area contributed by atoms with Gasteiger partial charge in [-0.2, -0.15) is 0 Å². The molecule has 3 aromatic rings. The zero-order valence-electron chi connectivity index (χ0n) is 18.1. The summed E-state index contributed by atoms with van der Waals surface area (Å²) in [5.41, 5.74) is 2.34. The molecule has 1 atom stereocenters. The molecule has 5 heteroatoms. The zero-order chi connectivity index (χ0) is 22.2. The third-order valence-electron chi connectivity index (χ3n) is 4.75. The Kier molecular flexibility index (Phi) is 7.44. The van der Waals surface area contributed by atoms with Crippen LogP contribution in [0.2, 0.25) is 0 Å². The number of benzene rings is 3. The van der Waals surface area contributed by atoms with Crippen LogP contribution in [-0.2, 0) is 0 Å². The highest BCUT2D eigenvalue weighted by Gasteiger charge is 2.17. The standard InChI is InChI=1S/C26H28N2O3/c1-18(2)17-31-22-13-9-12-21(16-22)25(29)28-24-15-8-7-14-23(24)26(30)27-19(3)20-10-5-4-6-11-20/h4-16,18-19H,17H2,1-3H3,(H,27,30)(H,28,29). The molecule has 0 saturated heterocycles. The fraction of sp³-hybridized carbons (Fsp3) is 0.231. The molecule has 0 radical (unpaired) electrons. The Labute approximate surface area is 183 Å². The quantitative estimate of drug-likeness (QED) is 0.512. The van der Waals surface area contributed by atoms with Gasteiger partial charge in [-0.3, -0.25) is 9.59 Å². The van der Waals surface area contributed by atoms with Crippen LogP contribution in [0.5, 0.6) is 5.75 Å². The fourth-order valence-electron chi connectivity index (χ4n) is 3.07. The largest absolute Gasteiger partial charge is 0.493 e. The summed E-state index contributed by atoms with van der Waals surface area (Å²) in [5.74, 6) is 0.484. The third kappa shape index (κ3) is 6.19. The first-order valence-electron chi connectivity index (χ1n) is 10.4. The highest BCUT2D eigenvalue weighted by Crippen LogP contribution is 2.20. The van der Waals surface area contributed by atoms with E-state index in [1.165, 1.54) is 0 Å². The molecule has 3 rings (SSSR count). The van der Waals surface area contributed by atoms with E-state index in [-0.39, 0.29) is 17.9 Å². The smallest absolute Gasteiger partial charge is 0.255 e. The Morgan fingerprint density at radius 3 is 2.29 bits per heavy atom. The summed E-state index contributed by atoms with van der Waals surface area (Å²) in [5, 5.41) is 5.85. The summed E-state index contributed by atoms with van der Waals surface area (Å²) in [6.07, 6.45) is 0. The number of rotatable bonds is 8. The number of anilines is 1. The molecule has 0 heterocycles. The fourth-order valence-corrected chi connectivity index (χ4v) is 3.07. The molecule has 1 unspecified atom stereocenters. The molecule has 0 aliphatic carbocycles. The molecular formula is C26H28N2O3. The molecule has 0 aliphatic rings. The summed E-state index contributed by atoms with van der Waals surface area (Å²) < 4.78 is 5.71. The van der Waals surface area contributed by atoms with Crippen LogP contribution in [-0.4, -0.2) is 18.4 Å². The van der Waals surface area contributed by atoms with Gasteiger partial charge in [0.2, 0.25) is 0 Å². The minimum atomic E-state index is -0.300. The van der Waals surface area contributed by atoms with Gasteiger partial charge >= 0.3 is 0 Å². The zero-order valence-corrected chi connectivity index (χ0v) is 18.1. The molecular weight excluding hydrogens is 388 g/mol. The molecule has 0 bridgehead atoms. The van der Waals surface area contributed by atoms with E-state index < -0.39 is 0 Å². The average molecular weight is 417 g/mol. The third-order valence-corrected chi connectivity index (χ3v) is 4.75. The van der Waals surface area contributed by atoms with Gasteiger partial charge in [-0.1, -0.05) is 62.4 Å². The molecule has 160 valence electrons. The van der Waals surface area contributed by atoms with Crippen LogP contribution in [0.1, 0.15) is 53.1 Å². The van der Waals surface area contributed by atoms with Crippen LogP contribution in [0, 0.1) is 5.92 Å². The number of carbonyl (C=O) groups excluding carboxylic acids is 2. The van der Waals surface area contributed by atoms with Gasteiger partial charge in [0, 0.05) is 5.56 Å². The number of nitrogens with one attached hydrogen (secondary N) is 2. The Bertz CT molecular complexity index is 1030. The van der Waals surface area contributed by atoms with Crippen molar-refractivity contribution in [3.05, 3.63) is 95.6 Å². The molecule has 0 aliphatic heterocycles. The van der Waals surface area contributed by atoms with E-state index in [2.05, 4.69) is 24.5 Å². The number of para-hydroxylation sites is 1. The van der Waals surface area contributed by atoms with Crippen LogP contribution in [0.15, 0.2) is 78.9 Å². The normalized spacial score (nSPS) is 11.6. The van der Waals surface area contributed by atoms with Crippen LogP contribution in [0.3, 0.4) is 0 Å².